The molecule has 9 heavy (non-hydrogen) atoms. The Morgan fingerprint density at radius 2 is 2.67 bits per heavy atom. The molecule has 1 atom stereocenters. The van der Waals surface area contributed by atoms with Crippen molar-refractivity contribution in [1.29, 1.82) is 0 Å². The number of aromatic nitrogens is 2. The van der Waals surface area contributed by atoms with Crippen LogP contribution in [-0.2, 0) is 0 Å². The van der Waals surface area contributed by atoms with Crippen molar-refractivity contribution in [3.05, 3.63) is 25.3 Å². The van der Waals surface area contributed by atoms with E-state index in [-0.39, 0.29) is 6.04 Å². The third kappa shape index (κ3) is 1.29. The molecule has 0 saturated heterocycles. The molecule has 1 unspecified atom stereocenters. The van der Waals surface area contributed by atoms with Gasteiger partial charge in [-0.2, -0.15) is 0 Å². The second-order valence-corrected chi connectivity index (χ2v) is 1.90. The van der Waals surface area contributed by atoms with Gasteiger partial charge in [-0.15, -0.1) is 0 Å². The Morgan fingerprint density at radius 1 is 1.89 bits per heavy atom. The maximum atomic E-state index is 4.03. The van der Waals surface area contributed by atoms with Crippen LogP contribution in [0, 0.1) is 7.05 Å². The van der Waals surface area contributed by atoms with Crippen LogP contribution in [-0.4, -0.2) is 9.97 Å². The van der Waals surface area contributed by atoms with Crippen molar-refractivity contribution in [3.63, 3.8) is 0 Å². The summed E-state index contributed by atoms with van der Waals surface area (Å²) in [5, 5.41) is 2.82. The third-order valence-electron chi connectivity index (χ3n) is 1.24. The first-order valence-corrected chi connectivity index (χ1v) is 2.86. The third-order valence-corrected chi connectivity index (χ3v) is 1.24. The molecule has 0 aliphatic heterocycles. The first-order valence-electron chi connectivity index (χ1n) is 2.86. The van der Waals surface area contributed by atoms with Crippen molar-refractivity contribution in [1.82, 2.24) is 15.3 Å². The van der Waals surface area contributed by atoms with Crippen molar-refractivity contribution in [3.8, 4) is 0 Å². The largest absolute Gasteiger partial charge is 0.347 e. The molecule has 0 aliphatic carbocycles. The maximum Gasteiger partial charge on any atom is 0.122 e. The predicted molar refractivity (Wildman–Crippen MR) is 35.5 cm³/mol. The van der Waals surface area contributed by atoms with Gasteiger partial charge in [0, 0.05) is 19.4 Å². The van der Waals surface area contributed by atoms with E-state index in [0.29, 0.717) is 0 Å². The normalized spacial score (nSPS) is 13.6. The molecular formula is C6H10N3. The number of nitrogens with zero attached hydrogens (tertiary/aromatic N) is 1. The average Bonchev–Trinajstić information content (AvgIpc) is 2.37. The van der Waals surface area contributed by atoms with Gasteiger partial charge in [0.2, 0.25) is 0 Å². The average molecular weight is 124 g/mol. The quantitative estimate of drug-likeness (QED) is 0.613. The van der Waals surface area contributed by atoms with Gasteiger partial charge in [0.25, 0.3) is 0 Å². The van der Waals surface area contributed by atoms with Crippen molar-refractivity contribution in [2.45, 2.75) is 13.0 Å². The molecular weight excluding hydrogens is 114 g/mol. The summed E-state index contributed by atoms with van der Waals surface area (Å²) in [6.07, 6.45) is 3.52. The van der Waals surface area contributed by atoms with Gasteiger partial charge in [0.15, 0.2) is 0 Å². The van der Waals surface area contributed by atoms with Crippen molar-refractivity contribution in [2.24, 2.45) is 0 Å². The van der Waals surface area contributed by atoms with Crippen LogP contribution in [0.1, 0.15) is 18.8 Å². The smallest absolute Gasteiger partial charge is 0.122 e. The van der Waals surface area contributed by atoms with E-state index < -0.39 is 0 Å². The zero-order valence-electron chi connectivity index (χ0n) is 5.39. The van der Waals surface area contributed by atoms with Crippen LogP contribution in [0.2, 0.25) is 0 Å². The van der Waals surface area contributed by atoms with Gasteiger partial charge in [-0.05, 0) is 6.92 Å². The van der Waals surface area contributed by atoms with E-state index in [1.54, 1.807) is 12.4 Å². The first-order chi connectivity index (χ1) is 4.34. The van der Waals surface area contributed by atoms with E-state index in [0.717, 1.165) is 5.82 Å². The molecule has 49 valence electrons. The molecule has 1 aromatic heterocycles. The zero-order chi connectivity index (χ0) is 6.69. The highest BCUT2D eigenvalue weighted by Gasteiger charge is 2.01. The number of hydrogen-bond donors (Lipinski definition) is 2. The lowest BCUT2D eigenvalue weighted by molar-refractivity contribution is 0.644. The molecule has 3 nitrogen and oxygen atoms in total. The van der Waals surface area contributed by atoms with Crippen LogP contribution in [0.15, 0.2) is 12.4 Å². The van der Waals surface area contributed by atoms with Gasteiger partial charge < -0.3 is 10.3 Å². The Morgan fingerprint density at radius 3 is 3.11 bits per heavy atom. The van der Waals surface area contributed by atoms with E-state index in [4.69, 9.17) is 0 Å². The number of H-pyrrole nitrogens is 1. The van der Waals surface area contributed by atoms with Crippen molar-refractivity contribution in [2.75, 3.05) is 0 Å². The lowest BCUT2D eigenvalue weighted by Crippen LogP contribution is -2.11. The van der Waals surface area contributed by atoms with Crippen LogP contribution in [0.5, 0.6) is 0 Å². The highest BCUT2D eigenvalue weighted by atomic mass is 15.0. The Kier molecular flexibility index (Phi) is 1.85. The Hall–Kier alpha value is -0.830. The van der Waals surface area contributed by atoms with E-state index in [1.807, 2.05) is 6.92 Å². The molecule has 2 N–H and O–H groups in total. The minimum Gasteiger partial charge on any atom is -0.347 e. The monoisotopic (exact) mass is 124 g/mol. The zero-order valence-corrected chi connectivity index (χ0v) is 5.39. The van der Waals surface area contributed by atoms with Crippen molar-refractivity contribution < 1.29 is 0 Å². The molecule has 1 heterocycles. The Labute approximate surface area is 54.5 Å². The van der Waals surface area contributed by atoms with Crippen LogP contribution in [0.25, 0.3) is 0 Å². The first kappa shape index (κ1) is 6.29. The molecule has 0 amide bonds. The van der Waals surface area contributed by atoms with Crippen LogP contribution in [0.3, 0.4) is 0 Å². The van der Waals surface area contributed by atoms with Gasteiger partial charge in [0.1, 0.15) is 5.82 Å². The molecule has 1 rings (SSSR count). The van der Waals surface area contributed by atoms with E-state index >= 15 is 0 Å². The van der Waals surface area contributed by atoms with Gasteiger partial charge in [0.05, 0.1) is 6.04 Å². The van der Waals surface area contributed by atoms with E-state index in [2.05, 4.69) is 22.3 Å². The van der Waals surface area contributed by atoms with Gasteiger partial charge in [-0.1, -0.05) is 0 Å². The molecule has 0 aliphatic rings. The fourth-order valence-corrected chi connectivity index (χ4v) is 0.611. The summed E-state index contributed by atoms with van der Waals surface area (Å²) < 4.78 is 0. The number of imidazole rings is 1. The molecule has 3 heteroatoms. The number of nitrogens with one attached hydrogen (secondary N) is 2. The lowest BCUT2D eigenvalue weighted by atomic mass is 10.3. The molecule has 0 spiro atoms. The fourth-order valence-electron chi connectivity index (χ4n) is 0.611. The standard InChI is InChI=1S/C6H10N3/c1-5(7-2)6-8-3-4-9-6/h3-5,7H,2H2,1H3,(H,8,9). The second-order valence-electron chi connectivity index (χ2n) is 1.90. The summed E-state index contributed by atoms with van der Waals surface area (Å²) in [6.45, 7) is 1.99. The van der Waals surface area contributed by atoms with Crippen LogP contribution >= 0.6 is 0 Å². The lowest BCUT2D eigenvalue weighted by Gasteiger charge is -2.03. The number of hydrogen-bond acceptors (Lipinski definition) is 2. The molecule has 0 fully saturated rings. The number of rotatable bonds is 2. The highest BCUT2D eigenvalue weighted by Crippen LogP contribution is 2.02. The second kappa shape index (κ2) is 2.64. The number of aromatic amines is 1. The summed E-state index contributed by atoms with van der Waals surface area (Å²) in [7, 11) is 3.53. The molecule has 1 aromatic rings. The molecule has 0 bridgehead atoms. The van der Waals surface area contributed by atoms with E-state index in [1.165, 1.54) is 0 Å². The highest BCUT2D eigenvalue weighted by molar-refractivity contribution is 4.92. The summed E-state index contributed by atoms with van der Waals surface area (Å²) >= 11 is 0. The molecule has 0 saturated carbocycles. The van der Waals surface area contributed by atoms with Gasteiger partial charge >= 0.3 is 0 Å². The summed E-state index contributed by atoms with van der Waals surface area (Å²) in [6, 6.07) is 0.208. The van der Waals surface area contributed by atoms with Gasteiger partial charge in [-0.3, -0.25) is 0 Å². The summed E-state index contributed by atoms with van der Waals surface area (Å²) in [4.78, 5) is 7.00. The molecule has 0 aromatic carbocycles. The van der Waals surface area contributed by atoms with Crippen molar-refractivity contribution >= 4 is 0 Å². The van der Waals surface area contributed by atoms with E-state index in [9.17, 15) is 0 Å². The van der Waals surface area contributed by atoms with Crippen LogP contribution < -0.4 is 5.32 Å². The minimum atomic E-state index is 0.208. The topological polar surface area (TPSA) is 40.7 Å². The molecule has 1 radical (unpaired) electrons. The maximum absolute atomic E-state index is 4.03. The SMILES string of the molecule is [CH2]NC(C)c1ncc[nH]1. The fraction of sp³-hybridized carbons (Fsp3) is 0.333. The van der Waals surface area contributed by atoms with Crippen LogP contribution in [0.4, 0.5) is 0 Å². The van der Waals surface area contributed by atoms with Gasteiger partial charge in [-0.25, -0.2) is 4.98 Å². The Bertz CT molecular complexity index is 157. The Balaban J connectivity index is 2.65. The predicted octanol–water partition coefficient (Wildman–Crippen LogP) is 0.852. The summed E-state index contributed by atoms with van der Waals surface area (Å²) in [5.74, 6) is 0.921. The minimum absolute atomic E-state index is 0.208. The summed E-state index contributed by atoms with van der Waals surface area (Å²) in [5.41, 5.74) is 0.